The van der Waals surface area contributed by atoms with Gasteiger partial charge in [0, 0.05) is 0 Å². The van der Waals surface area contributed by atoms with E-state index in [2.05, 4.69) is 13.8 Å². The van der Waals surface area contributed by atoms with Crippen molar-refractivity contribution in [3.8, 4) is 0 Å². The lowest BCUT2D eigenvalue weighted by molar-refractivity contribution is -0.0761. The molecular weight excluding hydrogens is 506 g/mol. The van der Waals surface area contributed by atoms with Crippen molar-refractivity contribution in [3.63, 3.8) is 0 Å². The Hall–Kier alpha value is 0.620. The highest BCUT2D eigenvalue weighted by atomic mass is 31.2. The minimum atomic E-state index is -1.23. The maximum atomic E-state index is 5.90. The molecule has 2 fully saturated rings. The lowest BCUT2D eigenvalue weighted by Crippen LogP contribution is -2.44. The summed E-state index contributed by atoms with van der Waals surface area (Å²) in [6.45, 7) is 8.26. The predicted octanol–water partition coefficient (Wildman–Crippen LogP) is 10.4. The first-order valence-electron chi connectivity index (χ1n) is 15.7. The second-order valence-electron chi connectivity index (χ2n) is 11.1. The monoisotopic (exact) mass is 564 g/mol. The van der Waals surface area contributed by atoms with E-state index in [9.17, 15) is 0 Å². The Bertz CT molecular complexity index is 449. The lowest BCUT2D eigenvalue weighted by Gasteiger charge is -2.41. The van der Waals surface area contributed by atoms with Gasteiger partial charge in [-0.25, -0.2) is 0 Å². The molecule has 2 aliphatic rings. The van der Waals surface area contributed by atoms with Gasteiger partial charge in [0.05, 0.1) is 45.1 Å². The maximum Gasteiger partial charge on any atom is 0.332 e. The summed E-state index contributed by atoms with van der Waals surface area (Å²) in [7, 11) is -2.46. The Balaban J connectivity index is 1.36. The fourth-order valence-corrected chi connectivity index (χ4v) is 7.21. The average molecular weight is 565 g/mol. The summed E-state index contributed by atoms with van der Waals surface area (Å²) in [6, 6.07) is 0. The third-order valence-electron chi connectivity index (χ3n) is 7.29. The van der Waals surface area contributed by atoms with Crippen LogP contribution in [0.2, 0.25) is 0 Å². The van der Waals surface area contributed by atoms with Crippen molar-refractivity contribution in [2.75, 3.05) is 39.6 Å². The summed E-state index contributed by atoms with van der Waals surface area (Å²) in [4.78, 5) is 0. The van der Waals surface area contributed by atoms with E-state index in [1.54, 1.807) is 0 Å². The van der Waals surface area contributed by atoms with Crippen LogP contribution in [0, 0.1) is 5.41 Å². The molecule has 0 aromatic carbocycles. The summed E-state index contributed by atoms with van der Waals surface area (Å²) in [5.41, 5.74) is -0.224. The SMILES string of the molecule is CCCCCCCCCCCCOP1OCC2(CO1)COP(OCCCCCCCCCCCC)OC2. The van der Waals surface area contributed by atoms with Crippen molar-refractivity contribution in [1.82, 2.24) is 0 Å². The van der Waals surface area contributed by atoms with Crippen LogP contribution in [-0.4, -0.2) is 39.6 Å². The predicted molar refractivity (Wildman–Crippen MR) is 156 cm³/mol. The third-order valence-corrected chi connectivity index (χ3v) is 9.44. The van der Waals surface area contributed by atoms with Crippen LogP contribution < -0.4 is 0 Å². The Morgan fingerprint density at radius 3 is 1.00 bits per heavy atom. The Labute approximate surface area is 231 Å². The van der Waals surface area contributed by atoms with Gasteiger partial charge < -0.3 is 27.1 Å². The zero-order valence-corrected chi connectivity index (χ0v) is 26.0. The molecule has 0 aromatic heterocycles. The van der Waals surface area contributed by atoms with Gasteiger partial charge in [-0.2, -0.15) is 0 Å². The largest absolute Gasteiger partial charge is 0.332 e. The Morgan fingerprint density at radius 1 is 0.432 bits per heavy atom. The lowest BCUT2D eigenvalue weighted by atomic mass is 9.93. The van der Waals surface area contributed by atoms with Crippen molar-refractivity contribution in [3.05, 3.63) is 0 Å². The summed E-state index contributed by atoms with van der Waals surface area (Å²) in [5.74, 6) is 0. The number of hydrogen-bond acceptors (Lipinski definition) is 6. The molecule has 0 saturated carbocycles. The van der Waals surface area contributed by atoms with Crippen LogP contribution in [0.4, 0.5) is 0 Å². The molecule has 220 valence electrons. The van der Waals surface area contributed by atoms with E-state index in [4.69, 9.17) is 27.1 Å². The molecule has 1 spiro atoms. The van der Waals surface area contributed by atoms with E-state index in [-0.39, 0.29) is 5.41 Å². The third kappa shape index (κ3) is 17.1. The molecule has 0 atom stereocenters. The Morgan fingerprint density at radius 2 is 0.703 bits per heavy atom. The van der Waals surface area contributed by atoms with E-state index in [0.717, 1.165) is 26.1 Å². The van der Waals surface area contributed by atoms with E-state index in [0.29, 0.717) is 26.4 Å². The highest BCUT2D eigenvalue weighted by Crippen LogP contribution is 2.53. The summed E-state index contributed by atoms with van der Waals surface area (Å²) in [5, 5.41) is 0. The van der Waals surface area contributed by atoms with Gasteiger partial charge in [0.25, 0.3) is 0 Å². The molecule has 0 unspecified atom stereocenters. The minimum Gasteiger partial charge on any atom is -0.312 e. The van der Waals surface area contributed by atoms with Gasteiger partial charge in [-0.15, -0.1) is 0 Å². The highest BCUT2D eigenvalue weighted by Gasteiger charge is 2.43. The van der Waals surface area contributed by atoms with Crippen molar-refractivity contribution < 1.29 is 27.1 Å². The second-order valence-corrected chi connectivity index (χ2v) is 13.5. The van der Waals surface area contributed by atoms with Crippen molar-refractivity contribution in [2.45, 2.75) is 142 Å². The van der Waals surface area contributed by atoms with Gasteiger partial charge in [0.1, 0.15) is 0 Å². The van der Waals surface area contributed by atoms with E-state index in [1.807, 2.05) is 0 Å². The average Bonchev–Trinajstić information content (AvgIpc) is 2.92. The first-order chi connectivity index (χ1) is 18.3. The highest BCUT2D eigenvalue weighted by molar-refractivity contribution is 7.42. The Kier molecular flexibility index (Phi) is 21.3. The molecule has 0 aliphatic carbocycles. The van der Waals surface area contributed by atoms with Crippen LogP contribution in [0.15, 0.2) is 0 Å². The van der Waals surface area contributed by atoms with E-state index in [1.165, 1.54) is 116 Å². The standard InChI is InChI=1S/C29H58O6P2/c1-3-5-7-9-11-13-15-17-19-21-23-30-36-32-25-29(26-33-36)27-34-37(35-28-29)31-24-22-20-18-16-14-12-10-8-6-4-2/h3-28H2,1-2H3. The van der Waals surface area contributed by atoms with Crippen molar-refractivity contribution in [1.29, 1.82) is 0 Å². The van der Waals surface area contributed by atoms with Gasteiger partial charge in [-0.3, -0.25) is 0 Å². The molecule has 37 heavy (non-hydrogen) atoms. The van der Waals surface area contributed by atoms with Crippen molar-refractivity contribution in [2.24, 2.45) is 5.41 Å². The normalized spacial score (nSPS) is 24.2. The molecular formula is C29H58O6P2. The zero-order chi connectivity index (χ0) is 26.3. The molecule has 2 rings (SSSR count). The van der Waals surface area contributed by atoms with Gasteiger partial charge >= 0.3 is 17.2 Å². The number of rotatable bonds is 24. The van der Waals surface area contributed by atoms with E-state index < -0.39 is 17.2 Å². The van der Waals surface area contributed by atoms with Crippen LogP contribution in [0.1, 0.15) is 142 Å². The van der Waals surface area contributed by atoms with Crippen LogP contribution in [0.3, 0.4) is 0 Å². The molecule has 0 radical (unpaired) electrons. The van der Waals surface area contributed by atoms with E-state index >= 15 is 0 Å². The van der Waals surface area contributed by atoms with Crippen molar-refractivity contribution >= 4 is 17.2 Å². The molecule has 6 nitrogen and oxygen atoms in total. The minimum absolute atomic E-state index is 0.224. The fourth-order valence-electron chi connectivity index (χ4n) is 4.69. The maximum absolute atomic E-state index is 5.90. The summed E-state index contributed by atoms with van der Waals surface area (Å²) < 4.78 is 35.3. The fraction of sp³-hybridized carbons (Fsp3) is 1.00. The molecule has 0 N–H and O–H groups in total. The molecule has 8 heteroatoms. The van der Waals surface area contributed by atoms with Gasteiger partial charge in [0.2, 0.25) is 0 Å². The second kappa shape index (κ2) is 23.3. The molecule has 0 amide bonds. The van der Waals surface area contributed by atoms with Gasteiger partial charge in [-0.1, -0.05) is 129 Å². The van der Waals surface area contributed by atoms with Gasteiger partial charge in [0.15, 0.2) is 0 Å². The number of hydrogen-bond donors (Lipinski definition) is 0. The quantitative estimate of drug-likeness (QED) is 0.0858. The molecule has 2 aliphatic heterocycles. The van der Waals surface area contributed by atoms with Crippen LogP contribution in [0.25, 0.3) is 0 Å². The molecule has 2 saturated heterocycles. The molecule has 2 heterocycles. The first-order valence-corrected chi connectivity index (χ1v) is 17.8. The zero-order valence-electron chi connectivity index (χ0n) is 24.2. The number of unbranched alkanes of at least 4 members (excludes halogenated alkanes) is 18. The van der Waals surface area contributed by atoms with Crippen LogP contribution >= 0.6 is 17.2 Å². The topological polar surface area (TPSA) is 55.4 Å². The van der Waals surface area contributed by atoms with Gasteiger partial charge in [-0.05, 0) is 12.8 Å². The first kappa shape index (κ1) is 33.8. The van der Waals surface area contributed by atoms with Crippen LogP contribution in [0.5, 0.6) is 0 Å². The smallest absolute Gasteiger partial charge is 0.312 e. The van der Waals surface area contributed by atoms with Crippen LogP contribution in [-0.2, 0) is 27.1 Å². The molecule has 0 aromatic rings. The summed E-state index contributed by atoms with van der Waals surface area (Å²) >= 11 is 0. The summed E-state index contributed by atoms with van der Waals surface area (Å²) in [6.07, 6.45) is 26.5. The molecule has 0 bridgehead atoms.